The van der Waals surface area contributed by atoms with Gasteiger partial charge in [0.15, 0.2) is 0 Å². The number of amides is 1. The number of carbonyl (C=O) groups excluding carboxylic acids is 1. The van der Waals surface area contributed by atoms with Gasteiger partial charge in [-0.05, 0) is 47.7 Å². The summed E-state index contributed by atoms with van der Waals surface area (Å²) in [5.74, 6) is 0.512. The molecule has 0 spiro atoms. The Morgan fingerprint density at radius 2 is 1.85 bits per heavy atom. The van der Waals surface area contributed by atoms with Crippen LogP contribution in [0.4, 0.5) is 5.69 Å². The van der Waals surface area contributed by atoms with Crippen LogP contribution in [0.1, 0.15) is 15.9 Å². The Balaban J connectivity index is 1.70. The number of para-hydroxylation sites is 1. The van der Waals surface area contributed by atoms with Crippen LogP contribution in [0.25, 0.3) is 6.08 Å². The second-order valence-corrected chi connectivity index (χ2v) is 7.69. The fourth-order valence-corrected chi connectivity index (χ4v) is 3.65. The van der Waals surface area contributed by atoms with Crippen LogP contribution in [-0.4, -0.2) is 47.0 Å². The fraction of sp³-hybridized carbons (Fsp3) is 0.200. The number of hydrogen-bond acceptors (Lipinski definition) is 5. The average Bonchev–Trinajstić information content (AvgIpc) is 3.04. The van der Waals surface area contributed by atoms with Crippen LogP contribution in [0.5, 0.6) is 0 Å². The van der Waals surface area contributed by atoms with Crippen molar-refractivity contribution in [3.05, 3.63) is 71.8 Å². The lowest BCUT2D eigenvalue weighted by Crippen LogP contribution is -2.63. The molecular formula is C20H20BrN5O. The first kappa shape index (κ1) is 17.8. The van der Waals surface area contributed by atoms with E-state index in [1.54, 1.807) is 4.90 Å². The standard InChI is InChI=1S/C20H20BrN5O/c1-24(2)20(21)23-22-19-25(14-8-11-15-9-4-3-5-10-15)18(27)16-12-6-7-13-17(16)26(19)20/h3-13,23H,14H2,1-2H3. The molecule has 138 valence electrons. The summed E-state index contributed by atoms with van der Waals surface area (Å²) in [7, 11) is 3.89. The maximum absolute atomic E-state index is 13.1. The summed E-state index contributed by atoms with van der Waals surface area (Å²) in [5, 5.41) is 4.46. The number of guanidine groups is 1. The maximum Gasteiger partial charge on any atom is 0.263 e. The quantitative estimate of drug-likeness (QED) is 0.603. The van der Waals surface area contributed by atoms with Gasteiger partial charge in [-0.3, -0.25) is 24.9 Å². The van der Waals surface area contributed by atoms with Crippen molar-refractivity contribution in [2.24, 2.45) is 5.10 Å². The highest BCUT2D eigenvalue weighted by molar-refractivity contribution is 9.10. The molecule has 0 aromatic heterocycles. The minimum Gasteiger partial charge on any atom is -0.273 e. The number of nitrogens with one attached hydrogen (secondary N) is 1. The molecule has 0 fully saturated rings. The zero-order chi connectivity index (χ0) is 19.0. The molecule has 1 atom stereocenters. The number of rotatable bonds is 4. The topological polar surface area (TPSA) is 51.2 Å². The third-order valence-corrected chi connectivity index (χ3v) is 5.89. The average molecular weight is 426 g/mol. The number of carbonyl (C=O) groups is 1. The SMILES string of the molecule is CN(C)C1(Br)NN=C2N(CC=Cc3ccccc3)C(=O)c3ccccc3N21. The van der Waals surface area contributed by atoms with Crippen molar-refractivity contribution in [2.45, 2.75) is 4.70 Å². The number of anilines is 1. The first-order valence-corrected chi connectivity index (χ1v) is 9.45. The van der Waals surface area contributed by atoms with E-state index in [9.17, 15) is 4.79 Å². The van der Waals surface area contributed by atoms with E-state index in [2.05, 4.69) is 26.5 Å². The highest BCUT2D eigenvalue weighted by Gasteiger charge is 2.50. The third-order valence-electron chi connectivity index (χ3n) is 4.65. The molecule has 7 heteroatoms. The molecule has 1 N–H and O–H groups in total. The molecule has 1 unspecified atom stereocenters. The number of nitrogens with zero attached hydrogens (tertiary/aromatic N) is 4. The van der Waals surface area contributed by atoms with Crippen LogP contribution in [0.15, 0.2) is 65.8 Å². The molecule has 2 aromatic rings. The van der Waals surface area contributed by atoms with Gasteiger partial charge in [0, 0.05) is 6.54 Å². The minimum atomic E-state index is -0.736. The van der Waals surface area contributed by atoms with Gasteiger partial charge in [-0.2, -0.15) is 0 Å². The summed E-state index contributed by atoms with van der Waals surface area (Å²) in [6.45, 7) is 0.426. The van der Waals surface area contributed by atoms with E-state index >= 15 is 0 Å². The van der Waals surface area contributed by atoms with Gasteiger partial charge in [-0.1, -0.05) is 54.6 Å². The van der Waals surface area contributed by atoms with Gasteiger partial charge in [-0.15, -0.1) is 5.10 Å². The summed E-state index contributed by atoms with van der Waals surface area (Å²) in [5.41, 5.74) is 5.68. The zero-order valence-electron chi connectivity index (χ0n) is 15.1. The second-order valence-electron chi connectivity index (χ2n) is 6.59. The minimum absolute atomic E-state index is 0.0596. The number of halogens is 1. The Kier molecular flexibility index (Phi) is 4.49. The Morgan fingerprint density at radius 3 is 2.59 bits per heavy atom. The molecular weight excluding hydrogens is 406 g/mol. The van der Waals surface area contributed by atoms with Gasteiger partial charge in [0.1, 0.15) is 0 Å². The van der Waals surface area contributed by atoms with E-state index in [4.69, 9.17) is 0 Å². The fourth-order valence-electron chi connectivity index (χ4n) is 3.21. The number of benzene rings is 2. The smallest absolute Gasteiger partial charge is 0.263 e. The molecule has 2 aliphatic rings. The van der Waals surface area contributed by atoms with Crippen LogP contribution in [-0.2, 0) is 0 Å². The molecule has 1 amide bonds. The van der Waals surface area contributed by atoms with E-state index < -0.39 is 4.70 Å². The molecule has 6 nitrogen and oxygen atoms in total. The lowest BCUT2D eigenvalue weighted by Gasteiger charge is -2.43. The molecule has 0 radical (unpaired) electrons. The van der Waals surface area contributed by atoms with Crippen molar-refractivity contribution in [3.8, 4) is 0 Å². The van der Waals surface area contributed by atoms with E-state index in [1.165, 1.54) is 0 Å². The van der Waals surface area contributed by atoms with Gasteiger partial charge in [0.2, 0.25) is 10.7 Å². The normalized spacial score (nSPS) is 21.3. The molecule has 27 heavy (non-hydrogen) atoms. The number of hydrogen-bond donors (Lipinski definition) is 1. The van der Waals surface area contributed by atoms with Crippen LogP contribution in [0, 0.1) is 0 Å². The summed E-state index contributed by atoms with van der Waals surface area (Å²) in [6, 6.07) is 17.6. The Hall–Kier alpha value is -2.64. The van der Waals surface area contributed by atoms with Crippen LogP contribution >= 0.6 is 15.9 Å². The molecule has 2 aromatic carbocycles. The highest BCUT2D eigenvalue weighted by atomic mass is 79.9. The first-order chi connectivity index (χ1) is 13.0. The van der Waals surface area contributed by atoms with Crippen molar-refractivity contribution < 1.29 is 4.79 Å². The van der Waals surface area contributed by atoms with Crippen molar-refractivity contribution in [1.29, 1.82) is 0 Å². The predicted octanol–water partition coefficient (Wildman–Crippen LogP) is 3.10. The van der Waals surface area contributed by atoms with Gasteiger partial charge < -0.3 is 0 Å². The van der Waals surface area contributed by atoms with Crippen molar-refractivity contribution in [3.63, 3.8) is 0 Å². The molecule has 0 saturated heterocycles. The number of fused-ring (bicyclic) bond motifs is 3. The van der Waals surface area contributed by atoms with Gasteiger partial charge >= 0.3 is 0 Å². The van der Waals surface area contributed by atoms with E-state index in [1.807, 2.05) is 90.6 Å². The van der Waals surface area contributed by atoms with E-state index in [0.29, 0.717) is 18.1 Å². The van der Waals surface area contributed by atoms with E-state index in [-0.39, 0.29) is 5.91 Å². The second kappa shape index (κ2) is 6.83. The lowest BCUT2D eigenvalue weighted by atomic mass is 10.1. The van der Waals surface area contributed by atoms with Crippen LogP contribution in [0.3, 0.4) is 0 Å². The van der Waals surface area contributed by atoms with Crippen molar-refractivity contribution in [2.75, 3.05) is 25.5 Å². The summed E-state index contributed by atoms with van der Waals surface area (Å²) < 4.78 is -0.736. The summed E-state index contributed by atoms with van der Waals surface area (Å²) in [4.78, 5) is 18.8. The molecule has 0 bridgehead atoms. The molecule has 0 aliphatic carbocycles. The predicted molar refractivity (Wildman–Crippen MR) is 111 cm³/mol. The van der Waals surface area contributed by atoms with Gasteiger partial charge in [0.05, 0.1) is 11.3 Å². The monoisotopic (exact) mass is 425 g/mol. The van der Waals surface area contributed by atoms with Crippen molar-refractivity contribution >= 4 is 39.6 Å². The molecule has 4 rings (SSSR count). The summed E-state index contributed by atoms with van der Waals surface area (Å²) >= 11 is 3.74. The Labute approximate surface area is 166 Å². The number of alkyl halides is 1. The summed E-state index contributed by atoms with van der Waals surface area (Å²) in [6.07, 6.45) is 3.99. The Morgan fingerprint density at radius 1 is 1.15 bits per heavy atom. The van der Waals surface area contributed by atoms with Crippen LogP contribution < -0.4 is 10.3 Å². The van der Waals surface area contributed by atoms with Gasteiger partial charge in [-0.25, -0.2) is 0 Å². The first-order valence-electron chi connectivity index (χ1n) is 8.66. The maximum atomic E-state index is 13.1. The molecule has 0 saturated carbocycles. The highest BCUT2D eigenvalue weighted by Crippen LogP contribution is 2.39. The largest absolute Gasteiger partial charge is 0.273 e. The van der Waals surface area contributed by atoms with Gasteiger partial charge in [0.25, 0.3) is 5.91 Å². The van der Waals surface area contributed by atoms with Crippen LogP contribution in [0.2, 0.25) is 0 Å². The lowest BCUT2D eigenvalue weighted by molar-refractivity contribution is 0.0849. The molecule has 2 heterocycles. The van der Waals surface area contributed by atoms with E-state index in [0.717, 1.165) is 11.3 Å². The third kappa shape index (κ3) is 2.93. The Bertz CT molecular complexity index is 927. The van der Waals surface area contributed by atoms with Crippen molar-refractivity contribution in [1.82, 2.24) is 15.2 Å². The zero-order valence-corrected chi connectivity index (χ0v) is 16.7. The molecule has 2 aliphatic heterocycles. The number of hydrazone groups is 1.